The van der Waals surface area contributed by atoms with E-state index < -0.39 is 0 Å². The standard InChI is InChI=1S/C12H14O/c13-12-7-3-6-10-4-1-2-5-11(10)8-9-12/h1-2,4-5H,3,6-9H2. The van der Waals surface area contributed by atoms with Gasteiger partial charge in [-0.3, -0.25) is 4.79 Å². The molecule has 1 aliphatic carbocycles. The highest BCUT2D eigenvalue weighted by Crippen LogP contribution is 2.17. The third-order valence-corrected chi connectivity index (χ3v) is 2.69. The highest BCUT2D eigenvalue weighted by Gasteiger charge is 2.09. The third kappa shape index (κ3) is 1.97. The zero-order valence-electron chi connectivity index (χ0n) is 7.75. The van der Waals surface area contributed by atoms with Gasteiger partial charge in [0.1, 0.15) is 5.78 Å². The second kappa shape index (κ2) is 3.73. The molecule has 0 fully saturated rings. The predicted molar refractivity (Wildman–Crippen MR) is 52.7 cm³/mol. The van der Waals surface area contributed by atoms with Crippen LogP contribution in [0, 0.1) is 0 Å². The Bertz CT molecular complexity index is 315. The second-order valence-corrected chi connectivity index (χ2v) is 3.66. The summed E-state index contributed by atoms with van der Waals surface area (Å²) >= 11 is 0. The lowest BCUT2D eigenvalue weighted by Crippen LogP contribution is -2.06. The van der Waals surface area contributed by atoms with Crippen LogP contribution < -0.4 is 0 Å². The van der Waals surface area contributed by atoms with Crippen LogP contribution in [0.2, 0.25) is 0 Å². The average Bonchev–Trinajstić information content (AvgIpc) is 2.13. The smallest absolute Gasteiger partial charge is 0.133 e. The summed E-state index contributed by atoms with van der Waals surface area (Å²) in [6.07, 6.45) is 4.54. The van der Waals surface area contributed by atoms with Crippen LogP contribution in [0.15, 0.2) is 24.3 Å². The summed E-state index contributed by atoms with van der Waals surface area (Å²) < 4.78 is 0. The summed E-state index contributed by atoms with van der Waals surface area (Å²) in [5.74, 6) is 0.425. The quantitative estimate of drug-likeness (QED) is 0.590. The van der Waals surface area contributed by atoms with Crippen molar-refractivity contribution >= 4 is 5.78 Å². The van der Waals surface area contributed by atoms with E-state index in [1.807, 2.05) is 0 Å². The van der Waals surface area contributed by atoms with Crippen molar-refractivity contribution in [2.45, 2.75) is 32.1 Å². The number of fused-ring (bicyclic) bond motifs is 1. The summed E-state index contributed by atoms with van der Waals surface area (Å²) in [4.78, 5) is 11.2. The fourth-order valence-corrected chi connectivity index (χ4v) is 1.92. The van der Waals surface area contributed by atoms with Gasteiger partial charge in [0.15, 0.2) is 0 Å². The largest absolute Gasteiger partial charge is 0.300 e. The summed E-state index contributed by atoms with van der Waals surface area (Å²) in [5, 5.41) is 0. The van der Waals surface area contributed by atoms with Gasteiger partial charge >= 0.3 is 0 Å². The molecule has 1 nitrogen and oxygen atoms in total. The van der Waals surface area contributed by atoms with E-state index in [9.17, 15) is 4.79 Å². The van der Waals surface area contributed by atoms with E-state index in [4.69, 9.17) is 0 Å². The molecule has 1 aromatic carbocycles. The molecule has 0 atom stereocenters. The topological polar surface area (TPSA) is 17.1 Å². The Hall–Kier alpha value is -1.11. The molecule has 0 amide bonds. The van der Waals surface area contributed by atoms with Crippen LogP contribution in [0.1, 0.15) is 30.4 Å². The summed E-state index contributed by atoms with van der Waals surface area (Å²) in [7, 11) is 0. The van der Waals surface area contributed by atoms with Crippen LogP contribution in [0.3, 0.4) is 0 Å². The van der Waals surface area contributed by atoms with Crippen molar-refractivity contribution in [2.24, 2.45) is 0 Å². The van der Waals surface area contributed by atoms with Gasteiger partial charge in [0, 0.05) is 12.8 Å². The van der Waals surface area contributed by atoms with E-state index in [1.54, 1.807) is 0 Å². The van der Waals surface area contributed by atoms with Gasteiger partial charge in [0.2, 0.25) is 0 Å². The van der Waals surface area contributed by atoms with Gasteiger partial charge < -0.3 is 0 Å². The van der Waals surface area contributed by atoms with E-state index in [0.29, 0.717) is 5.78 Å². The van der Waals surface area contributed by atoms with Gasteiger partial charge in [-0.25, -0.2) is 0 Å². The highest BCUT2D eigenvalue weighted by molar-refractivity contribution is 5.78. The molecule has 13 heavy (non-hydrogen) atoms. The van der Waals surface area contributed by atoms with Crippen molar-refractivity contribution in [1.82, 2.24) is 0 Å². The van der Waals surface area contributed by atoms with Crippen molar-refractivity contribution in [1.29, 1.82) is 0 Å². The fraction of sp³-hybridized carbons (Fsp3) is 0.417. The molecule has 0 N–H and O–H groups in total. The molecule has 68 valence electrons. The zero-order chi connectivity index (χ0) is 9.10. The van der Waals surface area contributed by atoms with Crippen molar-refractivity contribution in [3.8, 4) is 0 Å². The number of hydrogen-bond donors (Lipinski definition) is 0. The molecule has 0 heterocycles. The summed E-state index contributed by atoms with van der Waals surface area (Å²) in [6, 6.07) is 8.48. The summed E-state index contributed by atoms with van der Waals surface area (Å²) in [5.41, 5.74) is 2.81. The molecule has 1 aliphatic rings. The van der Waals surface area contributed by atoms with Gasteiger partial charge in [0.05, 0.1) is 0 Å². The Morgan fingerprint density at radius 2 is 1.54 bits per heavy atom. The van der Waals surface area contributed by atoms with Crippen molar-refractivity contribution in [2.75, 3.05) is 0 Å². The number of carbonyl (C=O) groups is 1. The lowest BCUT2D eigenvalue weighted by atomic mass is 9.93. The molecule has 0 saturated carbocycles. The Balaban J connectivity index is 2.24. The second-order valence-electron chi connectivity index (χ2n) is 3.66. The van der Waals surface area contributed by atoms with E-state index in [-0.39, 0.29) is 0 Å². The first kappa shape index (κ1) is 8.49. The molecular weight excluding hydrogens is 160 g/mol. The number of benzene rings is 1. The van der Waals surface area contributed by atoms with Crippen LogP contribution >= 0.6 is 0 Å². The number of aryl methyl sites for hydroxylation is 2. The van der Waals surface area contributed by atoms with Gasteiger partial charge in [-0.15, -0.1) is 0 Å². The van der Waals surface area contributed by atoms with Crippen LogP contribution in [0.4, 0.5) is 0 Å². The minimum atomic E-state index is 0.425. The van der Waals surface area contributed by atoms with Crippen LogP contribution in [-0.2, 0) is 17.6 Å². The predicted octanol–water partition coefficient (Wildman–Crippen LogP) is 2.52. The van der Waals surface area contributed by atoms with Crippen LogP contribution in [0.25, 0.3) is 0 Å². The number of rotatable bonds is 0. The minimum absolute atomic E-state index is 0.425. The fourth-order valence-electron chi connectivity index (χ4n) is 1.92. The molecule has 0 aliphatic heterocycles. The van der Waals surface area contributed by atoms with E-state index >= 15 is 0 Å². The molecule has 2 rings (SSSR count). The van der Waals surface area contributed by atoms with Gasteiger partial charge in [-0.05, 0) is 30.4 Å². The first-order valence-electron chi connectivity index (χ1n) is 4.95. The molecule has 0 aromatic heterocycles. The monoisotopic (exact) mass is 174 g/mol. The van der Waals surface area contributed by atoms with Crippen molar-refractivity contribution < 1.29 is 4.79 Å². The first-order valence-corrected chi connectivity index (χ1v) is 4.95. The lowest BCUT2D eigenvalue weighted by molar-refractivity contribution is -0.119. The number of ketones is 1. The Kier molecular flexibility index (Phi) is 2.44. The van der Waals surface area contributed by atoms with E-state index in [2.05, 4.69) is 24.3 Å². The van der Waals surface area contributed by atoms with Gasteiger partial charge in [0.25, 0.3) is 0 Å². The van der Waals surface area contributed by atoms with Gasteiger partial charge in [-0.2, -0.15) is 0 Å². The molecule has 0 radical (unpaired) electrons. The molecule has 1 aromatic rings. The first-order chi connectivity index (χ1) is 6.36. The highest BCUT2D eigenvalue weighted by atomic mass is 16.1. The van der Waals surface area contributed by atoms with Crippen molar-refractivity contribution in [3.63, 3.8) is 0 Å². The van der Waals surface area contributed by atoms with Crippen molar-refractivity contribution in [3.05, 3.63) is 35.4 Å². The zero-order valence-corrected chi connectivity index (χ0v) is 7.75. The Labute approximate surface area is 78.8 Å². The lowest BCUT2D eigenvalue weighted by Gasteiger charge is -2.12. The molecule has 0 saturated heterocycles. The third-order valence-electron chi connectivity index (χ3n) is 2.69. The Morgan fingerprint density at radius 1 is 0.846 bits per heavy atom. The van der Waals surface area contributed by atoms with E-state index in [0.717, 1.165) is 32.1 Å². The normalized spacial score (nSPS) is 17.4. The maximum absolute atomic E-state index is 11.2. The molecular formula is C12H14O. The number of carbonyl (C=O) groups excluding carboxylic acids is 1. The summed E-state index contributed by atoms with van der Waals surface area (Å²) in [6.45, 7) is 0. The molecule has 0 bridgehead atoms. The molecule has 0 spiro atoms. The maximum atomic E-state index is 11.2. The van der Waals surface area contributed by atoms with Gasteiger partial charge in [-0.1, -0.05) is 24.3 Å². The van der Waals surface area contributed by atoms with Crippen LogP contribution in [0.5, 0.6) is 0 Å². The SMILES string of the molecule is O=C1CCCc2ccccc2CC1. The number of hydrogen-bond acceptors (Lipinski definition) is 1. The Morgan fingerprint density at radius 3 is 2.31 bits per heavy atom. The average molecular weight is 174 g/mol. The number of Topliss-reactive ketones (excluding diaryl/α,β-unsaturated/α-hetero) is 1. The molecule has 0 unspecified atom stereocenters. The van der Waals surface area contributed by atoms with E-state index in [1.165, 1.54) is 11.1 Å². The minimum Gasteiger partial charge on any atom is -0.300 e. The molecule has 1 heteroatoms. The van der Waals surface area contributed by atoms with Crippen LogP contribution in [-0.4, -0.2) is 5.78 Å². The maximum Gasteiger partial charge on any atom is 0.133 e.